The summed E-state index contributed by atoms with van der Waals surface area (Å²) in [5.41, 5.74) is 1.43. The van der Waals surface area contributed by atoms with E-state index in [9.17, 15) is 0 Å². The molecule has 1 aliphatic carbocycles. The van der Waals surface area contributed by atoms with Crippen molar-refractivity contribution in [2.75, 3.05) is 6.54 Å². The number of hydrogen-bond acceptors (Lipinski definition) is 1. The minimum absolute atomic E-state index is 0.650. The fourth-order valence-corrected chi connectivity index (χ4v) is 2.03. The van der Waals surface area contributed by atoms with Crippen LogP contribution in [-0.2, 0) is 0 Å². The quantitative estimate of drug-likeness (QED) is 0.515. The fourth-order valence-electron chi connectivity index (χ4n) is 2.03. The number of hydrogen-bond donors (Lipinski definition) is 1. The van der Waals surface area contributed by atoms with Crippen molar-refractivity contribution in [3.63, 3.8) is 0 Å². The molecule has 1 nitrogen and oxygen atoms in total. The second-order valence-electron chi connectivity index (χ2n) is 4.10. The summed E-state index contributed by atoms with van der Waals surface area (Å²) in [5, 5.41) is 3.37. The Bertz CT molecular complexity index is 218. The highest BCUT2D eigenvalue weighted by Crippen LogP contribution is 2.27. The van der Waals surface area contributed by atoms with Gasteiger partial charge < -0.3 is 5.32 Å². The van der Waals surface area contributed by atoms with E-state index in [1.807, 2.05) is 0 Å². The Morgan fingerprint density at radius 3 is 2.92 bits per heavy atom. The summed E-state index contributed by atoms with van der Waals surface area (Å²) in [4.78, 5) is 0. The lowest BCUT2D eigenvalue weighted by Crippen LogP contribution is -2.26. The molecule has 1 aliphatic rings. The second kappa shape index (κ2) is 5.09. The van der Waals surface area contributed by atoms with Crippen LogP contribution in [0.3, 0.4) is 0 Å². The van der Waals surface area contributed by atoms with Crippen molar-refractivity contribution in [3.05, 3.63) is 11.6 Å². The van der Waals surface area contributed by atoms with Crippen LogP contribution in [0.1, 0.15) is 33.1 Å². The van der Waals surface area contributed by atoms with Gasteiger partial charge in [0, 0.05) is 6.04 Å². The van der Waals surface area contributed by atoms with Gasteiger partial charge in [0.25, 0.3) is 0 Å². The first kappa shape index (κ1) is 10.3. The van der Waals surface area contributed by atoms with Gasteiger partial charge in [-0.25, -0.2) is 0 Å². The number of allylic oxidation sites excluding steroid dienone is 2. The Morgan fingerprint density at radius 1 is 1.54 bits per heavy atom. The summed E-state index contributed by atoms with van der Waals surface area (Å²) < 4.78 is 0. The molecular formula is C12H19N. The van der Waals surface area contributed by atoms with Crippen molar-refractivity contribution in [2.45, 2.75) is 39.2 Å². The Kier molecular flexibility index (Phi) is 4.05. The van der Waals surface area contributed by atoms with Gasteiger partial charge in [-0.05, 0) is 39.0 Å². The van der Waals surface area contributed by atoms with Crippen LogP contribution in [0.4, 0.5) is 0 Å². The molecule has 0 aromatic heterocycles. The average Bonchev–Trinajstić information content (AvgIpc) is 2.48. The van der Waals surface area contributed by atoms with Crippen LogP contribution >= 0.6 is 0 Å². The highest BCUT2D eigenvalue weighted by atomic mass is 14.9. The third-order valence-electron chi connectivity index (χ3n) is 2.54. The Labute approximate surface area is 81.6 Å². The molecule has 0 bridgehead atoms. The molecule has 1 heteroatoms. The van der Waals surface area contributed by atoms with Gasteiger partial charge >= 0.3 is 0 Å². The predicted molar refractivity (Wildman–Crippen MR) is 57.4 cm³/mol. The molecule has 0 unspecified atom stereocenters. The molecule has 0 saturated heterocycles. The van der Waals surface area contributed by atoms with Gasteiger partial charge in [0.1, 0.15) is 0 Å². The first-order valence-corrected chi connectivity index (χ1v) is 5.04. The Hall–Kier alpha value is -0.740. The normalized spacial score (nSPS) is 26.8. The highest BCUT2D eigenvalue weighted by Gasteiger charge is 2.21. The van der Waals surface area contributed by atoms with Crippen molar-refractivity contribution >= 4 is 0 Å². The van der Waals surface area contributed by atoms with E-state index in [-0.39, 0.29) is 0 Å². The average molecular weight is 177 g/mol. The van der Waals surface area contributed by atoms with E-state index in [1.165, 1.54) is 24.8 Å². The molecule has 0 amide bonds. The van der Waals surface area contributed by atoms with Gasteiger partial charge in [0.2, 0.25) is 0 Å². The Balaban J connectivity index is 2.29. The molecule has 0 heterocycles. The van der Waals surface area contributed by atoms with Crippen molar-refractivity contribution in [2.24, 2.45) is 5.92 Å². The SMILES string of the molecule is C#CCN[C@H]1CC[C@H](C=C(C)C)C1. The van der Waals surface area contributed by atoms with Gasteiger partial charge in [-0.2, -0.15) is 0 Å². The lowest BCUT2D eigenvalue weighted by atomic mass is 10.1. The third-order valence-corrected chi connectivity index (χ3v) is 2.54. The molecule has 1 saturated carbocycles. The standard InChI is InChI=1S/C12H19N/c1-4-7-13-12-6-5-11(9-12)8-10(2)3/h1,8,11-13H,5-7,9H2,2-3H3/t11-,12+/m1/s1. The molecule has 1 fully saturated rings. The smallest absolute Gasteiger partial charge is 0.0575 e. The second-order valence-corrected chi connectivity index (χ2v) is 4.10. The first-order valence-electron chi connectivity index (χ1n) is 5.04. The molecular weight excluding hydrogens is 158 g/mol. The summed E-state index contributed by atoms with van der Waals surface area (Å²) >= 11 is 0. The van der Waals surface area contributed by atoms with Crippen molar-refractivity contribution in [1.29, 1.82) is 0 Å². The lowest BCUT2D eigenvalue weighted by molar-refractivity contribution is 0.545. The molecule has 1 rings (SSSR count). The molecule has 2 atom stereocenters. The maximum absolute atomic E-state index is 5.20. The van der Waals surface area contributed by atoms with Gasteiger partial charge in [0.15, 0.2) is 0 Å². The topological polar surface area (TPSA) is 12.0 Å². The van der Waals surface area contributed by atoms with E-state index in [4.69, 9.17) is 6.42 Å². The van der Waals surface area contributed by atoms with E-state index < -0.39 is 0 Å². The van der Waals surface area contributed by atoms with Crippen LogP contribution in [0.5, 0.6) is 0 Å². The minimum Gasteiger partial charge on any atom is -0.303 e. The lowest BCUT2D eigenvalue weighted by Gasteiger charge is -2.09. The molecule has 0 aromatic rings. The van der Waals surface area contributed by atoms with Crippen LogP contribution in [0.25, 0.3) is 0 Å². The van der Waals surface area contributed by atoms with Crippen LogP contribution in [-0.4, -0.2) is 12.6 Å². The summed E-state index contributed by atoms with van der Waals surface area (Å²) in [6.07, 6.45) is 11.4. The zero-order valence-corrected chi connectivity index (χ0v) is 8.64. The van der Waals surface area contributed by atoms with Crippen molar-refractivity contribution in [1.82, 2.24) is 5.32 Å². The summed E-state index contributed by atoms with van der Waals surface area (Å²) in [6.45, 7) is 5.05. The van der Waals surface area contributed by atoms with Gasteiger partial charge in [-0.15, -0.1) is 6.42 Å². The molecule has 0 spiro atoms. The first-order chi connectivity index (χ1) is 6.22. The monoisotopic (exact) mass is 177 g/mol. The van der Waals surface area contributed by atoms with E-state index >= 15 is 0 Å². The molecule has 72 valence electrons. The Morgan fingerprint density at radius 2 is 2.31 bits per heavy atom. The molecule has 1 N–H and O–H groups in total. The van der Waals surface area contributed by atoms with Gasteiger partial charge in [-0.1, -0.05) is 17.6 Å². The largest absolute Gasteiger partial charge is 0.303 e. The molecule has 0 radical (unpaired) electrons. The summed E-state index contributed by atoms with van der Waals surface area (Å²) in [6, 6.07) is 0.650. The minimum atomic E-state index is 0.650. The molecule has 13 heavy (non-hydrogen) atoms. The van der Waals surface area contributed by atoms with E-state index in [1.54, 1.807) is 0 Å². The van der Waals surface area contributed by atoms with Crippen molar-refractivity contribution < 1.29 is 0 Å². The highest BCUT2D eigenvalue weighted by molar-refractivity contribution is 5.01. The summed E-state index contributed by atoms with van der Waals surface area (Å²) in [7, 11) is 0. The van der Waals surface area contributed by atoms with Gasteiger partial charge in [-0.3, -0.25) is 0 Å². The third kappa shape index (κ3) is 3.65. The number of rotatable bonds is 3. The van der Waals surface area contributed by atoms with Crippen LogP contribution < -0.4 is 5.32 Å². The fraction of sp³-hybridized carbons (Fsp3) is 0.667. The predicted octanol–water partition coefficient (Wildman–Crippen LogP) is 2.34. The van der Waals surface area contributed by atoms with Crippen LogP contribution in [0.15, 0.2) is 11.6 Å². The van der Waals surface area contributed by atoms with Crippen LogP contribution in [0, 0.1) is 18.3 Å². The van der Waals surface area contributed by atoms with Crippen LogP contribution in [0.2, 0.25) is 0 Å². The van der Waals surface area contributed by atoms with E-state index in [2.05, 4.69) is 31.2 Å². The van der Waals surface area contributed by atoms with E-state index in [0.29, 0.717) is 12.6 Å². The maximum Gasteiger partial charge on any atom is 0.0575 e. The maximum atomic E-state index is 5.20. The van der Waals surface area contributed by atoms with Gasteiger partial charge in [0.05, 0.1) is 6.54 Å². The van der Waals surface area contributed by atoms with E-state index in [0.717, 1.165) is 5.92 Å². The zero-order valence-electron chi connectivity index (χ0n) is 8.64. The number of nitrogens with one attached hydrogen (secondary N) is 1. The number of terminal acetylenes is 1. The molecule has 0 aromatic carbocycles. The zero-order chi connectivity index (χ0) is 9.68. The molecule has 0 aliphatic heterocycles. The van der Waals surface area contributed by atoms with Crippen molar-refractivity contribution in [3.8, 4) is 12.3 Å². The summed E-state index contributed by atoms with van der Waals surface area (Å²) in [5.74, 6) is 3.40.